The number of nitrogens with one attached hydrogen (secondary N) is 1. The third-order valence-corrected chi connectivity index (χ3v) is 3.70. The summed E-state index contributed by atoms with van der Waals surface area (Å²) >= 11 is 1.31. The Morgan fingerprint density at radius 1 is 1.16 bits per heavy atom. The van der Waals surface area contributed by atoms with Crippen LogP contribution in [0.3, 0.4) is 0 Å². The highest BCUT2D eigenvalue weighted by Gasteiger charge is 2.59. The Bertz CT molecular complexity index is 356. The van der Waals surface area contributed by atoms with Crippen LogP contribution in [0.25, 0.3) is 0 Å². The van der Waals surface area contributed by atoms with E-state index in [1.807, 2.05) is 0 Å². The Labute approximate surface area is 110 Å². The van der Waals surface area contributed by atoms with Gasteiger partial charge in [-0.2, -0.15) is 26.3 Å². The maximum Gasteiger partial charge on any atom is 0.401 e. The molecule has 19 heavy (non-hydrogen) atoms. The van der Waals surface area contributed by atoms with Gasteiger partial charge in [-0.25, -0.2) is 0 Å². The van der Waals surface area contributed by atoms with Gasteiger partial charge in [0.25, 0.3) is 0 Å². The van der Waals surface area contributed by atoms with E-state index < -0.39 is 24.3 Å². The summed E-state index contributed by atoms with van der Waals surface area (Å²) in [5.41, 5.74) is 0. The fourth-order valence-corrected chi connectivity index (χ4v) is 2.60. The standard InChI is InChI=1S/C11H13F6NS/c1-18-8(5-4-7-3-2-6-19-7)9(10(12,13)14)11(15,16)17/h2-3,6,8-9,18H,4-5H2,1H3. The normalized spacial score (nSPS) is 14.9. The summed E-state index contributed by atoms with van der Waals surface area (Å²) in [6, 6.07) is 1.72. The minimum Gasteiger partial charge on any atom is -0.316 e. The van der Waals surface area contributed by atoms with E-state index in [9.17, 15) is 26.3 Å². The van der Waals surface area contributed by atoms with Crippen LogP contribution in [0.4, 0.5) is 26.3 Å². The van der Waals surface area contributed by atoms with Gasteiger partial charge in [-0.05, 0) is 31.3 Å². The first kappa shape index (κ1) is 16.3. The summed E-state index contributed by atoms with van der Waals surface area (Å²) in [6.45, 7) is 0. The van der Waals surface area contributed by atoms with Gasteiger partial charge in [0.1, 0.15) is 0 Å². The summed E-state index contributed by atoms with van der Waals surface area (Å²) in [5.74, 6) is -3.34. The number of rotatable bonds is 5. The predicted octanol–water partition coefficient (Wildman–Crippen LogP) is 4.01. The van der Waals surface area contributed by atoms with Crippen LogP contribution >= 0.6 is 11.3 Å². The van der Waals surface area contributed by atoms with E-state index >= 15 is 0 Å². The molecule has 0 aromatic carbocycles. The van der Waals surface area contributed by atoms with Crippen molar-refractivity contribution in [2.75, 3.05) is 7.05 Å². The molecule has 0 radical (unpaired) electrons. The maximum absolute atomic E-state index is 12.6. The number of halogens is 6. The SMILES string of the molecule is CNC(CCc1cccs1)C(C(F)(F)F)C(F)(F)F. The minimum atomic E-state index is -5.30. The summed E-state index contributed by atoms with van der Waals surface area (Å²) in [4.78, 5) is 0.767. The van der Waals surface area contributed by atoms with Gasteiger partial charge in [0.15, 0.2) is 5.92 Å². The van der Waals surface area contributed by atoms with Gasteiger partial charge >= 0.3 is 12.4 Å². The molecule has 1 aromatic rings. The Morgan fingerprint density at radius 3 is 2.11 bits per heavy atom. The average Bonchev–Trinajstić information content (AvgIpc) is 2.72. The smallest absolute Gasteiger partial charge is 0.316 e. The van der Waals surface area contributed by atoms with E-state index in [0.717, 1.165) is 11.9 Å². The number of alkyl halides is 6. The van der Waals surface area contributed by atoms with Crippen LogP contribution in [0, 0.1) is 5.92 Å². The fraction of sp³-hybridized carbons (Fsp3) is 0.636. The van der Waals surface area contributed by atoms with Crippen molar-refractivity contribution in [3.63, 3.8) is 0 Å². The molecular weight excluding hydrogens is 292 g/mol. The van der Waals surface area contributed by atoms with Gasteiger partial charge in [0, 0.05) is 10.9 Å². The van der Waals surface area contributed by atoms with Gasteiger partial charge in [0.2, 0.25) is 0 Å². The molecule has 0 aliphatic rings. The Kier molecular flexibility index (Phi) is 5.26. The van der Waals surface area contributed by atoms with Crippen molar-refractivity contribution in [3.8, 4) is 0 Å². The molecule has 1 atom stereocenters. The molecule has 1 unspecified atom stereocenters. The Balaban J connectivity index is 2.79. The zero-order valence-electron chi connectivity index (χ0n) is 9.98. The molecule has 1 heterocycles. The summed E-state index contributed by atoms with van der Waals surface area (Å²) in [5, 5.41) is 3.87. The van der Waals surface area contributed by atoms with E-state index in [4.69, 9.17) is 0 Å². The first-order valence-corrected chi connectivity index (χ1v) is 6.37. The molecule has 0 saturated heterocycles. The summed E-state index contributed by atoms with van der Waals surface area (Å²) in [6.07, 6.45) is -10.6. The molecule has 8 heteroatoms. The molecule has 1 N–H and O–H groups in total. The first-order valence-electron chi connectivity index (χ1n) is 5.49. The van der Waals surface area contributed by atoms with Crippen LogP contribution in [0.2, 0.25) is 0 Å². The van der Waals surface area contributed by atoms with Crippen molar-refractivity contribution in [3.05, 3.63) is 22.4 Å². The van der Waals surface area contributed by atoms with Gasteiger partial charge in [-0.15, -0.1) is 11.3 Å². The second kappa shape index (κ2) is 6.13. The van der Waals surface area contributed by atoms with E-state index in [-0.39, 0.29) is 12.8 Å². The second-order valence-electron chi connectivity index (χ2n) is 4.07. The molecule has 0 saturated carbocycles. The monoisotopic (exact) mass is 305 g/mol. The Hall–Kier alpha value is -0.760. The highest BCUT2D eigenvalue weighted by molar-refractivity contribution is 7.09. The zero-order valence-corrected chi connectivity index (χ0v) is 10.8. The quantitative estimate of drug-likeness (QED) is 0.811. The molecule has 0 aliphatic heterocycles. The van der Waals surface area contributed by atoms with Gasteiger partial charge in [-0.3, -0.25) is 0 Å². The van der Waals surface area contributed by atoms with Gasteiger partial charge < -0.3 is 5.32 Å². The lowest BCUT2D eigenvalue weighted by atomic mass is 9.94. The number of hydrogen-bond acceptors (Lipinski definition) is 2. The van der Waals surface area contributed by atoms with Crippen LogP contribution in [0.15, 0.2) is 17.5 Å². The van der Waals surface area contributed by atoms with E-state index in [0.29, 0.717) is 0 Å². The fourth-order valence-electron chi connectivity index (χ4n) is 1.87. The lowest BCUT2D eigenvalue weighted by Crippen LogP contribution is -2.50. The minimum absolute atomic E-state index is 0.186. The van der Waals surface area contributed by atoms with Gasteiger partial charge in [0.05, 0.1) is 0 Å². The predicted molar refractivity (Wildman–Crippen MR) is 61.1 cm³/mol. The van der Waals surface area contributed by atoms with Crippen molar-refractivity contribution in [1.29, 1.82) is 0 Å². The van der Waals surface area contributed by atoms with Crippen LogP contribution in [0.5, 0.6) is 0 Å². The molecule has 0 spiro atoms. The largest absolute Gasteiger partial charge is 0.401 e. The molecule has 1 rings (SSSR count). The Morgan fingerprint density at radius 2 is 1.74 bits per heavy atom. The van der Waals surface area contributed by atoms with Crippen molar-refractivity contribution in [2.24, 2.45) is 5.92 Å². The maximum atomic E-state index is 12.6. The van der Waals surface area contributed by atoms with Crippen molar-refractivity contribution in [1.82, 2.24) is 5.32 Å². The average molecular weight is 305 g/mol. The van der Waals surface area contributed by atoms with Crippen LogP contribution in [-0.4, -0.2) is 25.4 Å². The molecule has 0 aliphatic carbocycles. The zero-order chi connectivity index (χ0) is 14.7. The lowest BCUT2D eigenvalue weighted by molar-refractivity contribution is -0.291. The molecule has 110 valence electrons. The van der Waals surface area contributed by atoms with Gasteiger partial charge in [-0.1, -0.05) is 6.07 Å². The highest BCUT2D eigenvalue weighted by Crippen LogP contribution is 2.42. The second-order valence-corrected chi connectivity index (χ2v) is 5.11. The van der Waals surface area contributed by atoms with Crippen molar-refractivity contribution >= 4 is 11.3 Å². The molecule has 0 fully saturated rings. The van der Waals surface area contributed by atoms with Crippen LogP contribution in [-0.2, 0) is 6.42 Å². The van der Waals surface area contributed by atoms with Crippen molar-refractivity contribution < 1.29 is 26.3 Å². The summed E-state index contributed by atoms with van der Waals surface area (Å²) in [7, 11) is 1.11. The highest BCUT2D eigenvalue weighted by atomic mass is 32.1. The number of thiophene rings is 1. The third kappa shape index (κ3) is 4.68. The molecule has 1 nitrogen and oxygen atoms in total. The number of aryl methyl sites for hydroxylation is 1. The third-order valence-electron chi connectivity index (χ3n) is 2.76. The van der Waals surface area contributed by atoms with Crippen LogP contribution in [0.1, 0.15) is 11.3 Å². The molecule has 1 aromatic heterocycles. The van der Waals surface area contributed by atoms with Crippen LogP contribution < -0.4 is 5.32 Å². The molecule has 0 amide bonds. The topological polar surface area (TPSA) is 12.0 Å². The van der Waals surface area contributed by atoms with E-state index in [1.165, 1.54) is 11.3 Å². The first-order chi connectivity index (χ1) is 8.66. The summed E-state index contributed by atoms with van der Waals surface area (Å²) < 4.78 is 75.4. The van der Waals surface area contributed by atoms with Crippen molar-refractivity contribution in [2.45, 2.75) is 31.2 Å². The lowest BCUT2D eigenvalue weighted by Gasteiger charge is -2.30. The molecular formula is C11H13F6NS. The van der Waals surface area contributed by atoms with E-state index in [2.05, 4.69) is 5.32 Å². The molecule has 0 bridgehead atoms. The van der Waals surface area contributed by atoms with E-state index in [1.54, 1.807) is 17.5 Å². The number of hydrogen-bond donors (Lipinski definition) is 1.